The molecule has 28 heavy (non-hydrogen) atoms. The van der Waals surface area contributed by atoms with Crippen molar-refractivity contribution in [2.24, 2.45) is 0 Å². The van der Waals surface area contributed by atoms with Crippen molar-refractivity contribution < 1.29 is 14.7 Å². The zero-order chi connectivity index (χ0) is 20.6. The maximum Gasteiger partial charge on any atom is 0.326 e. The van der Waals surface area contributed by atoms with Crippen molar-refractivity contribution in [1.82, 2.24) is 19.7 Å². The molecule has 0 aliphatic rings. The van der Waals surface area contributed by atoms with Crippen LogP contribution in [0.3, 0.4) is 0 Å². The van der Waals surface area contributed by atoms with E-state index in [1.807, 2.05) is 45.0 Å². The first kappa shape index (κ1) is 19.5. The molecule has 0 aliphatic carbocycles. The SMILES string of the molecule is Cc1ccc(-c2cc(C(=O)N(C)C(C)C(=O)O)c3cnn(C(C)C)c3n2)cc1. The van der Waals surface area contributed by atoms with Crippen molar-refractivity contribution >= 4 is 22.9 Å². The molecular formula is C21H24N4O3. The number of hydrogen-bond donors (Lipinski definition) is 1. The van der Waals surface area contributed by atoms with Crippen molar-refractivity contribution in [1.29, 1.82) is 0 Å². The standard InChI is InChI=1S/C21H24N4O3/c1-12(2)25-19-17(11-22-25)16(20(26)24(5)14(4)21(27)28)10-18(23-19)15-8-6-13(3)7-9-15/h6-12,14H,1-5H3,(H,27,28). The normalized spacial score (nSPS) is 12.4. The predicted octanol–water partition coefficient (Wildman–Crippen LogP) is 3.53. The van der Waals surface area contributed by atoms with Gasteiger partial charge < -0.3 is 10.0 Å². The Bertz CT molecular complexity index is 1040. The lowest BCUT2D eigenvalue weighted by Crippen LogP contribution is -2.40. The van der Waals surface area contributed by atoms with Crippen LogP contribution in [0, 0.1) is 6.92 Å². The summed E-state index contributed by atoms with van der Waals surface area (Å²) in [5, 5.41) is 14.3. The van der Waals surface area contributed by atoms with E-state index in [0.717, 1.165) is 11.1 Å². The summed E-state index contributed by atoms with van der Waals surface area (Å²) in [5.41, 5.74) is 3.65. The van der Waals surface area contributed by atoms with E-state index in [1.165, 1.54) is 18.9 Å². The Kier molecular flexibility index (Phi) is 5.18. The van der Waals surface area contributed by atoms with E-state index < -0.39 is 12.0 Å². The van der Waals surface area contributed by atoms with Crippen LogP contribution < -0.4 is 0 Å². The average Bonchev–Trinajstić information content (AvgIpc) is 3.10. The highest BCUT2D eigenvalue weighted by Gasteiger charge is 2.26. The van der Waals surface area contributed by atoms with Crippen LogP contribution in [0.15, 0.2) is 36.5 Å². The van der Waals surface area contributed by atoms with Crippen molar-refractivity contribution in [2.45, 2.75) is 39.8 Å². The second-order valence-electron chi connectivity index (χ2n) is 7.27. The van der Waals surface area contributed by atoms with E-state index in [-0.39, 0.29) is 11.9 Å². The van der Waals surface area contributed by atoms with Crippen LogP contribution in [-0.2, 0) is 4.79 Å². The number of carboxylic acid groups (broad SMARTS) is 1. The molecule has 3 rings (SSSR count). The molecule has 2 aromatic heterocycles. The van der Waals surface area contributed by atoms with Gasteiger partial charge in [-0.2, -0.15) is 5.10 Å². The van der Waals surface area contributed by atoms with Gasteiger partial charge >= 0.3 is 5.97 Å². The predicted molar refractivity (Wildman–Crippen MR) is 107 cm³/mol. The molecule has 0 spiro atoms. The van der Waals surface area contributed by atoms with Gasteiger partial charge in [-0.25, -0.2) is 14.5 Å². The third kappa shape index (κ3) is 3.47. The van der Waals surface area contributed by atoms with Gasteiger partial charge in [0.1, 0.15) is 6.04 Å². The largest absolute Gasteiger partial charge is 0.480 e. The number of aryl methyl sites for hydroxylation is 1. The summed E-state index contributed by atoms with van der Waals surface area (Å²) in [7, 11) is 1.49. The number of aromatic nitrogens is 3. The summed E-state index contributed by atoms with van der Waals surface area (Å²) >= 11 is 0. The molecule has 1 N–H and O–H groups in total. The number of carboxylic acids is 1. The third-order valence-electron chi connectivity index (χ3n) is 4.89. The van der Waals surface area contributed by atoms with E-state index in [2.05, 4.69) is 5.10 Å². The fourth-order valence-electron chi connectivity index (χ4n) is 2.98. The molecule has 1 unspecified atom stereocenters. The second kappa shape index (κ2) is 7.42. The molecule has 7 nitrogen and oxygen atoms in total. The topological polar surface area (TPSA) is 88.3 Å². The fraction of sp³-hybridized carbons (Fsp3) is 0.333. The minimum atomic E-state index is -1.06. The van der Waals surface area contributed by atoms with E-state index in [4.69, 9.17) is 4.98 Å². The Balaban J connectivity index is 2.21. The zero-order valence-electron chi connectivity index (χ0n) is 16.7. The number of rotatable bonds is 5. The molecule has 146 valence electrons. The fourth-order valence-corrected chi connectivity index (χ4v) is 2.98. The summed E-state index contributed by atoms with van der Waals surface area (Å²) < 4.78 is 1.77. The van der Waals surface area contributed by atoms with Gasteiger partial charge in [-0.1, -0.05) is 29.8 Å². The molecule has 2 heterocycles. The molecule has 0 radical (unpaired) electrons. The van der Waals surface area contributed by atoms with E-state index >= 15 is 0 Å². The molecule has 1 amide bonds. The van der Waals surface area contributed by atoms with E-state index in [9.17, 15) is 14.7 Å². The average molecular weight is 380 g/mol. The number of amides is 1. The Labute approximate surface area is 163 Å². The van der Waals surface area contributed by atoms with Gasteiger partial charge in [0, 0.05) is 18.7 Å². The Morgan fingerprint density at radius 1 is 1.14 bits per heavy atom. The summed E-state index contributed by atoms with van der Waals surface area (Å²) in [5.74, 6) is -1.43. The number of nitrogens with zero attached hydrogens (tertiary/aromatic N) is 4. The van der Waals surface area contributed by atoms with Crippen molar-refractivity contribution in [3.05, 3.63) is 47.7 Å². The summed E-state index contributed by atoms with van der Waals surface area (Å²) in [6, 6.07) is 8.72. The molecule has 0 bridgehead atoms. The van der Waals surface area contributed by atoms with Crippen LogP contribution in [0.25, 0.3) is 22.3 Å². The van der Waals surface area contributed by atoms with Gasteiger partial charge in [0.15, 0.2) is 5.65 Å². The molecule has 0 saturated carbocycles. The van der Waals surface area contributed by atoms with Gasteiger partial charge in [0.2, 0.25) is 0 Å². The number of carbonyl (C=O) groups is 2. The van der Waals surface area contributed by atoms with Crippen LogP contribution in [0.2, 0.25) is 0 Å². The minimum absolute atomic E-state index is 0.0666. The Morgan fingerprint density at radius 2 is 1.79 bits per heavy atom. The van der Waals surface area contributed by atoms with Crippen LogP contribution in [0.4, 0.5) is 0 Å². The number of aliphatic carboxylic acids is 1. The number of fused-ring (bicyclic) bond motifs is 1. The Hall–Kier alpha value is -3.22. The van der Waals surface area contributed by atoms with Crippen molar-refractivity contribution in [3.8, 4) is 11.3 Å². The summed E-state index contributed by atoms with van der Waals surface area (Å²) in [6.45, 7) is 7.47. The lowest BCUT2D eigenvalue weighted by Gasteiger charge is -2.22. The highest BCUT2D eigenvalue weighted by Crippen LogP contribution is 2.27. The third-order valence-corrected chi connectivity index (χ3v) is 4.89. The molecule has 0 fully saturated rings. The zero-order valence-corrected chi connectivity index (χ0v) is 16.7. The van der Waals surface area contributed by atoms with Crippen LogP contribution in [0.5, 0.6) is 0 Å². The number of carbonyl (C=O) groups excluding carboxylic acids is 1. The minimum Gasteiger partial charge on any atom is -0.480 e. The molecule has 1 aromatic carbocycles. The highest BCUT2D eigenvalue weighted by molar-refractivity contribution is 6.07. The molecular weight excluding hydrogens is 356 g/mol. The van der Waals surface area contributed by atoms with Crippen molar-refractivity contribution in [2.75, 3.05) is 7.05 Å². The molecule has 0 saturated heterocycles. The maximum absolute atomic E-state index is 13.1. The maximum atomic E-state index is 13.1. The first-order valence-electron chi connectivity index (χ1n) is 9.16. The van der Waals surface area contributed by atoms with E-state index in [1.54, 1.807) is 16.9 Å². The second-order valence-corrected chi connectivity index (χ2v) is 7.27. The molecule has 7 heteroatoms. The molecule has 0 aliphatic heterocycles. The van der Waals surface area contributed by atoms with Gasteiger partial charge in [0.05, 0.1) is 22.8 Å². The highest BCUT2D eigenvalue weighted by atomic mass is 16.4. The van der Waals surface area contributed by atoms with Gasteiger partial charge in [-0.3, -0.25) is 4.79 Å². The van der Waals surface area contributed by atoms with Crippen LogP contribution in [-0.4, -0.2) is 49.7 Å². The van der Waals surface area contributed by atoms with Gasteiger partial charge in [-0.15, -0.1) is 0 Å². The monoisotopic (exact) mass is 380 g/mol. The number of benzene rings is 1. The Morgan fingerprint density at radius 3 is 2.36 bits per heavy atom. The lowest BCUT2D eigenvalue weighted by atomic mass is 10.0. The number of likely N-dealkylation sites (N-methyl/N-ethyl adjacent to an activating group) is 1. The number of hydrogen-bond acceptors (Lipinski definition) is 4. The molecule has 1 atom stereocenters. The summed E-state index contributed by atoms with van der Waals surface area (Å²) in [4.78, 5) is 30.4. The van der Waals surface area contributed by atoms with Crippen molar-refractivity contribution in [3.63, 3.8) is 0 Å². The quantitative estimate of drug-likeness (QED) is 0.731. The first-order valence-corrected chi connectivity index (χ1v) is 9.16. The smallest absolute Gasteiger partial charge is 0.326 e. The van der Waals surface area contributed by atoms with E-state index in [0.29, 0.717) is 22.3 Å². The van der Waals surface area contributed by atoms with Crippen LogP contribution >= 0.6 is 0 Å². The number of pyridine rings is 1. The van der Waals surface area contributed by atoms with Gasteiger partial charge in [0.25, 0.3) is 5.91 Å². The molecule has 3 aromatic rings. The van der Waals surface area contributed by atoms with Crippen LogP contribution in [0.1, 0.15) is 42.7 Å². The first-order chi connectivity index (χ1) is 13.2. The lowest BCUT2D eigenvalue weighted by molar-refractivity contribution is -0.141. The summed E-state index contributed by atoms with van der Waals surface area (Å²) in [6.07, 6.45) is 1.62. The van der Waals surface area contributed by atoms with Gasteiger partial charge in [-0.05, 0) is 33.8 Å².